The maximum atomic E-state index is 14.5. The lowest BCUT2D eigenvalue weighted by Crippen LogP contribution is -2.47. The molecule has 2 N–H and O–H groups in total. The normalized spacial score (nSPS) is 27.2. The highest BCUT2D eigenvalue weighted by Gasteiger charge is 2.50. The van der Waals surface area contributed by atoms with Gasteiger partial charge in [-0.15, -0.1) is 0 Å². The highest BCUT2D eigenvalue weighted by molar-refractivity contribution is 6.30. The second-order valence-electron chi connectivity index (χ2n) is 9.41. The zero-order valence-electron chi connectivity index (χ0n) is 17.4. The van der Waals surface area contributed by atoms with Gasteiger partial charge in [0.05, 0.1) is 24.3 Å². The molecule has 0 saturated heterocycles. The fraction of sp³-hybridized carbons (Fsp3) is 0.522. The van der Waals surface area contributed by atoms with Gasteiger partial charge < -0.3 is 10.6 Å². The van der Waals surface area contributed by atoms with E-state index in [9.17, 15) is 14.0 Å². The predicted octanol–water partition coefficient (Wildman–Crippen LogP) is 4.10. The maximum Gasteiger partial charge on any atom is 0.252 e. The van der Waals surface area contributed by atoms with Gasteiger partial charge in [-0.05, 0) is 56.1 Å². The summed E-state index contributed by atoms with van der Waals surface area (Å²) in [5.74, 6) is -0.497. The van der Waals surface area contributed by atoms with Crippen molar-refractivity contribution < 1.29 is 14.0 Å². The van der Waals surface area contributed by atoms with Crippen LogP contribution in [0.4, 0.5) is 4.39 Å². The first-order valence-corrected chi connectivity index (χ1v) is 11.3. The van der Waals surface area contributed by atoms with E-state index in [1.807, 2.05) is 6.07 Å². The van der Waals surface area contributed by atoms with Gasteiger partial charge in [-0.3, -0.25) is 14.3 Å². The van der Waals surface area contributed by atoms with Crippen molar-refractivity contribution in [3.63, 3.8) is 0 Å². The number of halogens is 2. The molecule has 164 valence electrons. The molecule has 1 aromatic heterocycles. The number of rotatable bonds is 4. The van der Waals surface area contributed by atoms with E-state index in [2.05, 4.69) is 5.10 Å². The van der Waals surface area contributed by atoms with E-state index in [0.717, 1.165) is 24.8 Å². The van der Waals surface area contributed by atoms with Gasteiger partial charge in [0.1, 0.15) is 11.4 Å². The number of alkyl halides is 1. The van der Waals surface area contributed by atoms with E-state index in [4.69, 9.17) is 17.3 Å². The van der Waals surface area contributed by atoms with Gasteiger partial charge in [-0.25, -0.2) is 4.39 Å². The van der Waals surface area contributed by atoms with E-state index in [1.54, 1.807) is 27.8 Å². The summed E-state index contributed by atoms with van der Waals surface area (Å²) in [6, 6.07) is 7.15. The third kappa shape index (κ3) is 3.63. The molecule has 3 aliphatic carbocycles. The molecule has 3 saturated carbocycles. The van der Waals surface area contributed by atoms with Crippen molar-refractivity contribution >= 4 is 23.4 Å². The average Bonchev–Trinajstić information content (AvgIpc) is 3.14. The SMILES string of the molecule is NC(=O)c1c(-c2cccc(Cl)c2)nn2c1CN(C(=O)CC13CCC(F)(CC1)CC3)CC2. The standard InChI is InChI=1S/C23H26ClFN4O2/c24-16-3-1-2-15(12-16)20-19(21(26)31)17-14-28(10-11-29(17)27-20)18(30)13-22-4-7-23(25,8-5-22)9-6-22/h1-3,12H,4-11,13-14H2,(H2,26,31). The topological polar surface area (TPSA) is 81.2 Å². The van der Waals surface area contributed by atoms with Crippen LogP contribution in [0.25, 0.3) is 11.3 Å². The smallest absolute Gasteiger partial charge is 0.252 e. The summed E-state index contributed by atoms with van der Waals surface area (Å²) < 4.78 is 16.3. The van der Waals surface area contributed by atoms with Gasteiger partial charge >= 0.3 is 0 Å². The fourth-order valence-electron chi connectivity index (χ4n) is 5.54. The number of hydrogen-bond donors (Lipinski definition) is 1. The summed E-state index contributed by atoms with van der Waals surface area (Å²) in [4.78, 5) is 27.3. The van der Waals surface area contributed by atoms with Crippen LogP contribution in [-0.2, 0) is 17.9 Å². The number of amides is 2. The zero-order chi connectivity index (χ0) is 21.8. The summed E-state index contributed by atoms with van der Waals surface area (Å²) in [6.07, 6.45) is 4.52. The molecular weight excluding hydrogens is 419 g/mol. The van der Waals surface area contributed by atoms with E-state index < -0.39 is 11.6 Å². The van der Waals surface area contributed by atoms with Crippen LogP contribution in [0.2, 0.25) is 5.02 Å². The molecule has 3 fully saturated rings. The number of benzene rings is 1. The van der Waals surface area contributed by atoms with Gasteiger partial charge in [0, 0.05) is 23.6 Å². The first-order valence-electron chi connectivity index (χ1n) is 10.9. The molecule has 2 amide bonds. The van der Waals surface area contributed by atoms with Crippen LogP contribution in [0.5, 0.6) is 0 Å². The lowest BCUT2D eigenvalue weighted by atomic mass is 9.58. The summed E-state index contributed by atoms with van der Waals surface area (Å²) in [5, 5.41) is 5.16. The zero-order valence-corrected chi connectivity index (χ0v) is 18.1. The quantitative estimate of drug-likeness (QED) is 0.770. The number of primary amides is 1. The third-order valence-corrected chi connectivity index (χ3v) is 7.75. The van der Waals surface area contributed by atoms with Crippen LogP contribution in [0.1, 0.15) is 61.0 Å². The Morgan fingerprint density at radius 2 is 1.84 bits per heavy atom. The van der Waals surface area contributed by atoms with E-state index in [-0.39, 0.29) is 11.3 Å². The Kier molecular flexibility index (Phi) is 4.84. The summed E-state index contributed by atoms with van der Waals surface area (Å²) in [6.45, 7) is 1.33. The largest absolute Gasteiger partial charge is 0.365 e. The molecule has 6 nitrogen and oxygen atoms in total. The summed E-state index contributed by atoms with van der Waals surface area (Å²) >= 11 is 6.12. The highest BCUT2D eigenvalue weighted by atomic mass is 35.5. The number of carbonyl (C=O) groups excluding carboxylic acids is 2. The molecular formula is C23H26ClFN4O2. The van der Waals surface area contributed by atoms with Crippen LogP contribution in [-0.4, -0.2) is 38.7 Å². The lowest BCUT2D eigenvalue weighted by molar-refractivity contribution is -0.139. The van der Waals surface area contributed by atoms with E-state index in [1.165, 1.54) is 0 Å². The Bertz CT molecular complexity index is 1040. The maximum absolute atomic E-state index is 14.5. The minimum atomic E-state index is -1.00. The Hall–Kier alpha value is -2.41. The first-order chi connectivity index (χ1) is 14.8. The molecule has 4 aliphatic rings. The molecule has 1 aromatic carbocycles. The first kappa shape index (κ1) is 20.5. The van der Waals surface area contributed by atoms with Crippen molar-refractivity contribution in [3.8, 4) is 11.3 Å². The third-order valence-electron chi connectivity index (χ3n) is 7.51. The number of carbonyl (C=O) groups is 2. The van der Waals surface area contributed by atoms with Crippen LogP contribution in [0.15, 0.2) is 24.3 Å². The van der Waals surface area contributed by atoms with Gasteiger partial charge in [-0.2, -0.15) is 5.10 Å². The Labute approximate surface area is 185 Å². The van der Waals surface area contributed by atoms with Crippen LogP contribution < -0.4 is 5.73 Å². The molecule has 0 radical (unpaired) electrons. The summed E-state index contributed by atoms with van der Waals surface area (Å²) in [5.41, 5.74) is 6.88. The number of fused-ring (bicyclic) bond motifs is 4. The van der Waals surface area contributed by atoms with Crippen molar-refractivity contribution in [1.29, 1.82) is 0 Å². The molecule has 6 rings (SSSR count). The Balaban J connectivity index is 1.39. The number of hydrogen-bond acceptors (Lipinski definition) is 3. The summed E-state index contributed by atoms with van der Waals surface area (Å²) in [7, 11) is 0. The van der Waals surface area contributed by atoms with Crippen molar-refractivity contribution in [2.45, 2.75) is 63.7 Å². The molecule has 2 bridgehead atoms. The monoisotopic (exact) mass is 444 g/mol. The minimum absolute atomic E-state index is 0.0684. The van der Waals surface area contributed by atoms with Crippen LogP contribution in [0.3, 0.4) is 0 Å². The number of nitrogens with two attached hydrogens (primary N) is 1. The molecule has 31 heavy (non-hydrogen) atoms. The van der Waals surface area contributed by atoms with Gasteiger partial charge in [0.25, 0.3) is 5.91 Å². The van der Waals surface area contributed by atoms with Crippen molar-refractivity contribution in [2.24, 2.45) is 11.1 Å². The van der Waals surface area contributed by atoms with Crippen LogP contribution in [0, 0.1) is 5.41 Å². The lowest BCUT2D eigenvalue weighted by Gasteiger charge is -2.50. The van der Waals surface area contributed by atoms with Crippen molar-refractivity contribution in [2.75, 3.05) is 6.54 Å². The molecule has 0 spiro atoms. The second kappa shape index (κ2) is 7.33. The molecule has 1 aliphatic heterocycles. The van der Waals surface area contributed by atoms with Gasteiger partial charge in [0.2, 0.25) is 5.91 Å². The molecule has 2 aromatic rings. The molecule has 0 unspecified atom stereocenters. The Morgan fingerprint density at radius 1 is 1.13 bits per heavy atom. The number of nitrogens with zero attached hydrogens (tertiary/aromatic N) is 3. The Morgan fingerprint density at radius 3 is 2.48 bits per heavy atom. The average molecular weight is 445 g/mol. The molecule has 0 atom stereocenters. The van der Waals surface area contributed by atoms with Crippen molar-refractivity contribution in [1.82, 2.24) is 14.7 Å². The molecule has 2 heterocycles. The highest BCUT2D eigenvalue weighted by Crippen LogP contribution is 2.55. The molecule has 8 heteroatoms. The second-order valence-corrected chi connectivity index (χ2v) is 9.85. The fourth-order valence-corrected chi connectivity index (χ4v) is 5.73. The van der Waals surface area contributed by atoms with E-state index >= 15 is 0 Å². The number of aromatic nitrogens is 2. The van der Waals surface area contributed by atoms with Crippen molar-refractivity contribution in [3.05, 3.63) is 40.5 Å². The van der Waals surface area contributed by atoms with Crippen LogP contribution >= 0.6 is 11.6 Å². The minimum Gasteiger partial charge on any atom is -0.365 e. The van der Waals surface area contributed by atoms with E-state index in [0.29, 0.717) is 67.3 Å². The van der Waals surface area contributed by atoms with Gasteiger partial charge in [-0.1, -0.05) is 23.7 Å². The predicted molar refractivity (Wildman–Crippen MR) is 115 cm³/mol. The van der Waals surface area contributed by atoms with Gasteiger partial charge in [0.15, 0.2) is 0 Å².